The van der Waals surface area contributed by atoms with E-state index in [-0.39, 0.29) is 24.3 Å². The van der Waals surface area contributed by atoms with Crippen LogP contribution in [0.25, 0.3) is 11.0 Å². The molecule has 0 aliphatic rings. The van der Waals surface area contributed by atoms with Gasteiger partial charge in [-0.1, -0.05) is 48.5 Å². The second kappa shape index (κ2) is 8.34. The topological polar surface area (TPSA) is 68.5 Å². The van der Waals surface area contributed by atoms with Crippen molar-refractivity contribution in [2.75, 3.05) is 6.61 Å². The molecule has 0 radical (unpaired) electrons. The van der Waals surface area contributed by atoms with Crippen LogP contribution in [0, 0.1) is 0 Å². The van der Waals surface area contributed by atoms with E-state index in [1.807, 2.05) is 43.3 Å². The number of rotatable bonds is 7. The maximum atomic E-state index is 12.0. The largest absolute Gasteiger partial charge is 0.450 e. The third kappa shape index (κ3) is 4.72. The molecule has 0 aliphatic carbocycles. The highest BCUT2D eigenvalue weighted by Gasteiger charge is 2.16. The van der Waals surface area contributed by atoms with E-state index in [9.17, 15) is 9.59 Å². The van der Waals surface area contributed by atoms with Crippen LogP contribution in [0.15, 0.2) is 65.1 Å². The van der Waals surface area contributed by atoms with Gasteiger partial charge in [0.05, 0.1) is 0 Å². The zero-order chi connectivity index (χ0) is 18.4. The summed E-state index contributed by atoms with van der Waals surface area (Å²) in [6, 6.07) is 19.0. The SMILES string of the molecule is CC(CCc1ccccc1)NC(=O)COC(=O)c1cc2ccccc2o1. The fourth-order valence-corrected chi connectivity index (χ4v) is 2.70. The zero-order valence-corrected chi connectivity index (χ0v) is 14.6. The number of benzene rings is 2. The fraction of sp³-hybridized carbons (Fsp3) is 0.238. The van der Waals surface area contributed by atoms with Crippen LogP contribution in [-0.4, -0.2) is 24.5 Å². The highest BCUT2D eigenvalue weighted by Crippen LogP contribution is 2.19. The van der Waals surface area contributed by atoms with Gasteiger partial charge in [0.25, 0.3) is 5.91 Å². The van der Waals surface area contributed by atoms with Gasteiger partial charge in [0.1, 0.15) is 5.58 Å². The molecule has 1 atom stereocenters. The van der Waals surface area contributed by atoms with Crippen LogP contribution in [-0.2, 0) is 16.0 Å². The Bertz CT molecular complexity index is 852. The fourth-order valence-electron chi connectivity index (χ4n) is 2.70. The van der Waals surface area contributed by atoms with Crippen LogP contribution in [0.3, 0.4) is 0 Å². The number of fused-ring (bicyclic) bond motifs is 1. The molecule has 3 aromatic rings. The molecule has 0 fully saturated rings. The molecule has 26 heavy (non-hydrogen) atoms. The standard InChI is InChI=1S/C21H21NO4/c1-15(11-12-16-7-3-2-4-8-16)22-20(23)14-25-21(24)19-13-17-9-5-6-10-18(17)26-19/h2-10,13,15H,11-12,14H2,1H3,(H,22,23). The van der Waals surface area contributed by atoms with Gasteiger partial charge in [-0.2, -0.15) is 0 Å². The normalized spacial score (nSPS) is 11.9. The van der Waals surface area contributed by atoms with Crippen LogP contribution in [0.2, 0.25) is 0 Å². The average molecular weight is 351 g/mol. The third-order valence-electron chi connectivity index (χ3n) is 4.08. The zero-order valence-electron chi connectivity index (χ0n) is 14.6. The maximum absolute atomic E-state index is 12.0. The highest BCUT2D eigenvalue weighted by atomic mass is 16.5. The molecule has 1 N–H and O–H groups in total. The Morgan fingerprint density at radius 2 is 1.81 bits per heavy atom. The Morgan fingerprint density at radius 1 is 1.08 bits per heavy atom. The van der Waals surface area contributed by atoms with Crippen LogP contribution in [0.1, 0.15) is 29.5 Å². The molecule has 0 spiro atoms. The molecule has 0 bridgehead atoms. The van der Waals surface area contributed by atoms with Crippen LogP contribution in [0.5, 0.6) is 0 Å². The van der Waals surface area contributed by atoms with Crippen molar-refractivity contribution in [1.82, 2.24) is 5.32 Å². The third-order valence-corrected chi connectivity index (χ3v) is 4.08. The molecule has 0 aliphatic heterocycles. The minimum absolute atomic E-state index is 0.00684. The minimum Gasteiger partial charge on any atom is -0.450 e. The van der Waals surface area contributed by atoms with Gasteiger partial charge in [-0.3, -0.25) is 4.79 Å². The average Bonchev–Trinajstić information content (AvgIpc) is 3.09. The summed E-state index contributed by atoms with van der Waals surface area (Å²) in [5, 5.41) is 3.65. The molecule has 2 aromatic carbocycles. The molecule has 0 saturated heterocycles. The minimum atomic E-state index is -0.645. The number of esters is 1. The molecule has 1 heterocycles. The second-order valence-electron chi connectivity index (χ2n) is 6.22. The lowest BCUT2D eigenvalue weighted by Crippen LogP contribution is -2.36. The number of ether oxygens (including phenoxy) is 1. The van der Waals surface area contributed by atoms with Gasteiger partial charge in [-0.05, 0) is 37.5 Å². The van der Waals surface area contributed by atoms with E-state index in [0.717, 1.165) is 18.2 Å². The highest BCUT2D eigenvalue weighted by molar-refractivity contribution is 5.93. The molecule has 1 aromatic heterocycles. The van der Waals surface area contributed by atoms with Crippen molar-refractivity contribution in [1.29, 1.82) is 0 Å². The summed E-state index contributed by atoms with van der Waals surface area (Å²) in [6.45, 7) is 1.60. The summed E-state index contributed by atoms with van der Waals surface area (Å²) in [5.74, 6) is -0.876. The molecule has 134 valence electrons. The van der Waals surface area contributed by atoms with Gasteiger partial charge >= 0.3 is 5.97 Å². The van der Waals surface area contributed by atoms with Gasteiger partial charge in [0.15, 0.2) is 6.61 Å². The molecule has 0 saturated carbocycles. The molecule has 3 rings (SSSR count). The number of furan rings is 1. The van der Waals surface area contributed by atoms with E-state index in [1.54, 1.807) is 12.1 Å². The van der Waals surface area contributed by atoms with E-state index >= 15 is 0 Å². The van der Waals surface area contributed by atoms with Gasteiger partial charge in [0.2, 0.25) is 5.76 Å². The second-order valence-corrected chi connectivity index (χ2v) is 6.22. The first-order valence-electron chi connectivity index (χ1n) is 8.61. The van der Waals surface area contributed by atoms with Crippen LogP contribution >= 0.6 is 0 Å². The predicted octanol–water partition coefficient (Wildman–Crippen LogP) is 3.73. The Hall–Kier alpha value is -3.08. The lowest BCUT2D eigenvalue weighted by atomic mass is 10.1. The summed E-state index contributed by atoms with van der Waals surface area (Å²) in [4.78, 5) is 24.0. The van der Waals surface area contributed by atoms with E-state index in [1.165, 1.54) is 5.56 Å². The predicted molar refractivity (Wildman–Crippen MR) is 98.9 cm³/mol. The number of carbonyl (C=O) groups excluding carboxylic acids is 2. The van der Waals surface area contributed by atoms with Crippen LogP contribution < -0.4 is 5.32 Å². The van der Waals surface area contributed by atoms with Crippen molar-refractivity contribution in [2.24, 2.45) is 0 Å². The number of aryl methyl sites for hydroxylation is 1. The number of nitrogens with one attached hydrogen (secondary N) is 1. The Kier molecular flexibility index (Phi) is 5.69. The van der Waals surface area contributed by atoms with E-state index < -0.39 is 5.97 Å². The number of amides is 1. The Balaban J connectivity index is 1.43. The van der Waals surface area contributed by atoms with Gasteiger partial charge < -0.3 is 14.5 Å². The molecule has 1 amide bonds. The molecule has 5 heteroatoms. The molecular formula is C21H21NO4. The van der Waals surface area contributed by atoms with Gasteiger partial charge in [0, 0.05) is 11.4 Å². The number of hydrogen-bond acceptors (Lipinski definition) is 4. The van der Waals surface area contributed by atoms with E-state index in [0.29, 0.717) is 5.58 Å². The van der Waals surface area contributed by atoms with Crippen molar-refractivity contribution >= 4 is 22.8 Å². The van der Waals surface area contributed by atoms with Gasteiger partial charge in [-0.25, -0.2) is 4.79 Å². The quantitative estimate of drug-likeness (QED) is 0.659. The Morgan fingerprint density at radius 3 is 2.58 bits per heavy atom. The first kappa shape index (κ1) is 17.7. The summed E-state index contributed by atoms with van der Waals surface area (Å²) in [5.41, 5.74) is 1.84. The lowest BCUT2D eigenvalue weighted by molar-refractivity contribution is -0.124. The molecule has 5 nitrogen and oxygen atoms in total. The van der Waals surface area contributed by atoms with Gasteiger partial charge in [-0.15, -0.1) is 0 Å². The number of hydrogen-bond donors (Lipinski definition) is 1. The van der Waals surface area contributed by atoms with E-state index in [2.05, 4.69) is 17.4 Å². The smallest absolute Gasteiger partial charge is 0.374 e. The monoisotopic (exact) mass is 351 g/mol. The summed E-state index contributed by atoms with van der Waals surface area (Å²) < 4.78 is 10.5. The van der Waals surface area contributed by atoms with Crippen molar-refractivity contribution in [3.05, 3.63) is 72.0 Å². The van der Waals surface area contributed by atoms with Crippen molar-refractivity contribution in [2.45, 2.75) is 25.8 Å². The Labute approximate surface area is 152 Å². The number of carbonyl (C=O) groups is 2. The van der Waals surface area contributed by atoms with Crippen molar-refractivity contribution < 1.29 is 18.7 Å². The summed E-state index contributed by atoms with van der Waals surface area (Å²) in [6.07, 6.45) is 1.69. The van der Waals surface area contributed by atoms with Crippen molar-refractivity contribution in [3.8, 4) is 0 Å². The number of para-hydroxylation sites is 1. The van der Waals surface area contributed by atoms with E-state index in [4.69, 9.17) is 9.15 Å². The van der Waals surface area contributed by atoms with Crippen molar-refractivity contribution in [3.63, 3.8) is 0 Å². The lowest BCUT2D eigenvalue weighted by Gasteiger charge is -2.13. The first-order chi connectivity index (χ1) is 12.6. The summed E-state index contributed by atoms with van der Waals surface area (Å²) >= 11 is 0. The molecular weight excluding hydrogens is 330 g/mol. The maximum Gasteiger partial charge on any atom is 0.374 e. The van der Waals surface area contributed by atoms with Crippen LogP contribution in [0.4, 0.5) is 0 Å². The molecule has 1 unspecified atom stereocenters. The first-order valence-corrected chi connectivity index (χ1v) is 8.61. The summed E-state index contributed by atoms with van der Waals surface area (Å²) in [7, 11) is 0.